The van der Waals surface area contributed by atoms with Gasteiger partial charge in [0, 0.05) is 13.8 Å². The molecule has 1 aliphatic heterocycles. The molecule has 1 aromatic rings. The van der Waals surface area contributed by atoms with Crippen LogP contribution < -0.4 is 4.74 Å². The van der Waals surface area contributed by atoms with E-state index in [4.69, 9.17) is 9.47 Å². The van der Waals surface area contributed by atoms with E-state index in [0.29, 0.717) is 11.3 Å². The smallest absolute Gasteiger partial charge is 0.345 e. The Labute approximate surface area is 94.7 Å². The summed E-state index contributed by atoms with van der Waals surface area (Å²) in [5.41, 5.74) is 1.32. The topological polar surface area (TPSA) is 35.5 Å². The van der Waals surface area contributed by atoms with E-state index < -0.39 is 5.79 Å². The van der Waals surface area contributed by atoms with E-state index in [1.807, 2.05) is 31.2 Å². The molecule has 0 atom stereocenters. The summed E-state index contributed by atoms with van der Waals surface area (Å²) in [5.74, 6) is -0.643. The van der Waals surface area contributed by atoms with Crippen LogP contribution in [0.25, 0.3) is 6.08 Å². The van der Waals surface area contributed by atoms with Gasteiger partial charge in [-0.1, -0.05) is 24.3 Å². The Morgan fingerprint density at radius 1 is 1.25 bits per heavy atom. The third kappa shape index (κ3) is 1.81. The second-order valence-corrected chi connectivity index (χ2v) is 4.11. The Morgan fingerprint density at radius 2 is 2.00 bits per heavy atom. The molecule has 1 heterocycles. The minimum absolute atomic E-state index is 0.333. The average molecular weight is 218 g/mol. The predicted octanol–water partition coefficient (Wildman–Crippen LogP) is 3.01. The van der Waals surface area contributed by atoms with Gasteiger partial charge in [-0.05, 0) is 18.6 Å². The molecule has 0 unspecified atom stereocenters. The third-order valence-corrected chi connectivity index (χ3v) is 2.30. The second-order valence-electron chi connectivity index (χ2n) is 4.11. The molecule has 0 spiro atoms. The number of cyclic esters (lactones) is 1. The number of carbonyl (C=O) groups excluding carboxylic acids is 1. The quantitative estimate of drug-likeness (QED) is 0.680. The fourth-order valence-electron chi connectivity index (χ4n) is 1.73. The van der Waals surface area contributed by atoms with Gasteiger partial charge in [0.1, 0.15) is 11.3 Å². The van der Waals surface area contributed by atoms with Gasteiger partial charge in [-0.3, -0.25) is 0 Å². The van der Waals surface area contributed by atoms with Gasteiger partial charge >= 0.3 is 5.97 Å². The van der Waals surface area contributed by atoms with Crippen LogP contribution in [0, 0.1) is 0 Å². The Balaban J connectivity index is 2.56. The first-order valence-electron chi connectivity index (χ1n) is 5.21. The van der Waals surface area contributed by atoms with Crippen LogP contribution in [0.15, 0.2) is 24.3 Å². The van der Waals surface area contributed by atoms with Gasteiger partial charge in [0.25, 0.3) is 0 Å². The zero-order chi connectivity index (χ0) is 11.8. The first-order chi connectivity index (χ1) is 7.53. The molecule has 0 saturated carbocycles. The second kappa shape index (κ2) is 3.67. The number of carbonyl (C=O) groups is 1. The van der Waals surface area contributed by atoms with Crippen molar-refractivity contribution in [3.8, 4) is 5.75 Å². The molecule has 0 N–H and O–H groups in total. The molecule has 84 valence electrons. The average Bonchev–Trinajstić information content (AvgIpc) is 2.15. The monoisotopic (exact) mass is 218 g/mol. The molecule has 3 nitrogen and oxygen atoms in total. The number of fused-ring (bicyclic) bond motifs is 1. The van der Waals surface area contributed by atoms with Crippen molar-refractivity contribution in [3.05, 3.63) is 35.4 Å². The maximum absolute atomic E-state index is 11.9. The number of ether oxygens (including phenoxy) is 2. The highest BCUT2D eigenvalue weighted by atomic mass is 16.7. The van der Waals surface area contributed by atoms with E-state index >= 15 is 0 Å². The van der Waals surface area contributed by atoms with Crippen molar-refractivity contribution in [1.82, 2.24) is 0 Å². The van der Waals surface area contributed by atoms with Crippen molar-refractivity contribution < 1.29 is 14.3 Å². The van der Waals surface area contributed by atoms with Gasteiger partial charge in [-0.2, -0.15) is 0 Å². The summed E-state index contributed by atoms with van der Waals surface area (Å²) in [6.07, 6.45) is 3.74. The van der Waals surface area contributed by atoms with Crippen molar-refractivity contribution in [1.29, 1.82) is 0 Å². The van der Waals surface area contributed by atoms with E-state index in [-0.39, 0.29) is 5.97 Å². The highest BCUT2D eigenvalue weighted by molar-refractivity contribution is 5.97. The summed E-state index contributed by atoms with van der Waals surface area (Å²) in [4.78, 5) is 11.9. The Hall–Kier alpha value is -1.77. The van der Waals surface area contributed by atoms with Crippen LogP contribution in [-0.4, -0.2) is 11.8 Å². The minimum atomic E-state index is -0.890. The van der Waals surface area contributed by atoms with E-state index in [0.717, 1.165) is 5.56 Å². The van der Waals surface area contributed by atoms with Crippen LogP contribution >= 0.6 is 0 Å². The summed E-state index contributed by atoms with van der Waals surface area (Å²) >= 11 is 0. The summed E-state index contributed by atoms with van der Waals surface area (Å²) in [6.45, 7) is 5.34. The molecule has 1 aliphatic rings. The lowest BCUT2D eigenvalue weighted by Crippen LogP contribution is -2.39. The van der Waals surface area contributed by atoms with Crippen LogP contribution in [0.5, 0.6) is 5.75 Å². The number of esters is 1. The van der Waals surface area contributed by atoms with E-state index in [1.165, 1.54) is 0 Å². The first-order valence-corrected chi connectivity index (χ1v) is 5.21. The van der Waals surface area contributed by atoms with Crippen molar-refractivity contribution in [2.45, 2.75) is 26.6 Å². The Kier molecular flexibility index (Phi) is 2.46. The number of allylic oxidation sites excluding steroid dienone is 1. The molecule has 3 heteroatoms. The summed E-state index contributed by atoms with van der Waals surface area (Å²) in [7, 11) is 0. The molecular formula is C13H14O3. The zero-order valence-electron chi connectivity index (χ0n) is 9.61. The molecule has 0 radical (unpaired) electrons. The molecule has 0 saturated heterocycles. The SMILES string of the molecule is C/C=C/c1cccc2c1C(=O)OC(C)(C)O2. The van der Waals surface area contributed by atoms with Crippen molar-refractivity contribution in [2.75, 3.05) is 0 Å². The van der Waals surface area contributed by atoms with Crippen molar-refractivity contribution in [3.63, 3.8) is 0 Å². The van der Waals surface area contributed by atoms with Gasteiger partial charge in [-0.15, -0.1) is 0 Å². The fraction of sp³-hybridized carbons (Fsp3) is 0.308. The number of benzene rings is 1. The summed E-state index contributed by atoms with van der Waals surface area (Å²) in [5, 5.41) is 0. The maximum Gasteiger partial charge on any atom is 0.345 e. The molecule has 0 aliphatic carbocycles. The van der Waals surface area contributed by atoms with E-state index in [2.05, 4.69) is 0 Å². The first kappa shape index (κ1) is 10.7. The van der Waals surface area contributed by atoms with E-state index in [1.54, 1.807) is 19.9 Å². The zero-order valence-corrected chi connectivity index (χ0v) is 9.61. The van der Waals surface area contributed by atoms with Gasteiger partial charge in [0.2, 0.25) is 5.79 Å². The number of rotatable bonds is 1. The van der Waals surface area contributed by atoms with Crippen LogP contribution in [0.4, 0.5) is 0 Å². The lowest BCUT2D eigenvalue weighted by atomic mass is 10.0. The van der Waals surface area contributed by atoms with Gasteiger partial charge < -0.3 is 9.47 Å². The van der Waals surface area contributed by atoms with Crippen molar-refractivity contribution >= 4 is 12.0 Å². The van der Waals surface area contributed by atoms with Crippen LogP contribution in [0.1, 0.15) is 36.7 Å². The van der Waals surface area contributed by atoms with Gasteiger partial charge in [-0.25, -0.2) is 4.79 Å². The van der Waals surface area contributed by atoms with Crippen LogP contribution in [-0.2, 0) is 4.74 Å². The summed E-state index contributed by atoms with van der Waals surface area (Å²) in [6, 6.07) is 5.51. The molecule has 0 amide bonds. The molecule has 1 aromatic carbocycles. The Bertz CT molecular complexity index is 458. The van der Waals surface area contributed by atoms with E-state index in [9.17, 15) is 4.79 Å². The van der Waals surface area contributed by atoms with Gasteiger partial charge in [0.05, 0.1) is 0 Å². The largest absolute Gasteiger partial charge is 0.452 e. The highest BCUT2D eigenvalue weighted by Gasteiger charge is 2.34. The number of hydrogen-bond acceptors (Lipinski definition) is 3. The van der Waals surface area contributed by atoms with Crippen LogP contribution in [0.3, 0.4) is 0 Å². The molecule has 0 bridgehead atoms. The third-order valence-electron chi connectivity index (χ3n) is 2.30. The minimum Gasteiger partial charge on any atom is -0.452 e. The van der Waals surface area contributed by atoms with Crippen molar-refractivity contribution in [2.24, 2.45) is 0 Å². The normalized spacial score (nSPS) is 17.8. The maximum atomic E-state index is 11.9. The molecular weight excluding hydrogens is 204 g/mol. The molecule has 0 fully saturated rings. The highest BCUT2D eigenvalue weighted by Crippen LogP contribution is 2.33. The Morgan fingerprint density at radius 3 is 2.69 bits per heavy atom. The van der Waals surface area contributed by atoms with Gasteiger partial charge in [0.15, 0.2) is 0 Å². The lowest BCUT2D eigenvalue weighted by molar-refractivity contribution is -0.127. The summed E-state index contributed by atoms with van der Waals surface area (Å²) < 4.78 is 10.8. The number of hydrogen-bond donors (Lipinski definition) is 0. The molecule has 2 rings (SSSR count). The molecule has 0 aromatic heterocycles. The predicted molar refractivity (Wildman–Crippen MR) is 61.3 cm³/mol. The lowest BCUT2D eigenvalue weighted by Gasteiger charge is -2.32. The standard InChI is InChI=1S/C13H14O3/c1-4-6-9-7-5-8-10-11(9)12(14)16-13(2,3)15-10/h4-8H,1-3H3/b6-4+. The fourth-order valence-corrected chi connectivity index (χ4v) is 1.73. The van der Waals surface area contributed by atoms with Crippen LogP contribution in [0.2, 0.25) is 0 Å². The molecule has 16 heavy (non-hydrogen) atoms.